The van der Waals surface area contributed by atoms with Crippen LogP contribution < -0.4 is 10.6 Å². The van der Waals surface area contributed by atoms with E-state index in [-0.39, 0.29) is 22.8 Å². The molecule has 0 aliphatic carbocycles. The van der Waals surface area contributed by atoms with Crippen molar-refractivity contribution in [1.82, 2.24) is 0 Å². The maximum atomic E-state index is 12.8. The van der Waals surface area contributed by atoms with Gasteiger partial charge in [0, 0.05) is 23.9 Å². The highest BCUT2D eigenvalue weighted by atomic mass is 16.6. The quantitative estimate of drug-likeness (QED) is 0.524. The van der Waals surface area contributed by atoms with E-state index in [1.807, 2.05) is 19.1 Å². The Morgan fingerprint density at radius 2 is 2.04 bits per heavy atom. The molecular weight excluding hydrogens is 294 g/mol. The molecule has 2 aromatic rings. The van der Waals surface area contributed by atoms with Crippen LogP contribution in [0.15, 0.2) is 36.4 Å². The van der Waals surface area contributed by atoms with Crippen LogP contribution in [0.2, 0.25) is 0 Å². The number of rotatable bonds is 2. The molecule has 2 aromatic carbocycles. The summed E-state index contributed by atoms with van der Waals surface area (Å²) in [6.07, 6.45) is 1.81. The first-order valence-electron chi connectivity index (χ1n) is 7.42. The fourth-order valence-electron chi connectivity index (χ4n) is 2.93. The molecule has 0 bridgehead atoms. The number of amides is 1. The second-order valence-electron chi connectivity index (χ2n) is 5.72. The fraction of sp³-hybridized carbons (Fsp3) is 0.235. The third-order valence-corrected chi connectivity index (χ3v) is 4.07. The van der Waals surface area contributed by atoms with E-state index in [1.54, 1.807) is 4.90 Å². The highest BCUT2D eigenvalue weighted by Gasteiger charge is 2.25. The Labute approximate surface area is 133 Å². The molecule has 1 aliphatic heterocycles. The van der Waals surface area contributed by atoms with Crippen molar-refractivity contribution >= 4 is 23.0 Å². The molecular formula is C17H17N3O3. The summed E-state index contributed by atoms with van der Waals surface area (Å²) in [4.78, 5) is 24.9. The van der Waals surface area contributed by atoms with Crippen molar-refractivity contribution in [3.63, 3.8) is 0 Å². The lowest BCUT2D eigenvalue weighted by Crippen LogP contribution is -2.35. The molecule has 0 saturated carbocycles. The fourth-order valence-corrected chi connectivity index (χ4v) is 2.93. The first-order chi connectivity index (χ1) is 11.0. The minimum Gasteiger partial charge on any atom is -0.393 e. The van der Waals surface area contributed by atoms with Crippen LogP contribution >= 0.6 is 0 Å². The van der Waals surface area contributed by atoms with Crippen LogP contribution in [-0.2, 0) is 6.42 Å². The third-order valence-electron chi connectivity index (χ3n) is 4.07. The highest BCUT2D eigenvalue weighted by molar-refractivity contribution is 6.07. The molecule has 2 N–H and O–H groups in total. The van der Waals surface area contributed by atoms with E-state index in [4.69, 9.17) is 5.73 Å². The number of hydrogen-bond donors (Lipinski definition) is 1. The highest BCUT2D eigenvalue weighted by Crippen LogP contribution is 2.30. The van der Waals surface area contributed by atoms with Gasteiger partial charge < -0.3 is 10.6 Å². The van der Waals surface area contributed by atoms with Gasteiger partial charge in [-0.1, -0.05) is 17.7 Å². The van der Waals surface area contributed by atoms with Crippen molar-refractivity contribution < 1.29 is 9.72 Å². The lowest BCUT2D eigenvalue weighted by Gasteiger charge is -2.30. The van der Waals surface area contributed by atoms with Gasteiger partial charge in [0.25, 0.3) is 11.6 Å². The lowest BCUT2D eigenvalue weighted by atomic mass is 9.98. The van der Waals surface area contributed by atoms with Crippen molar-refractivity contribution in [2.75, 3.05) is 17.2 Å². The van der Waals surface area contributed by atoms with Gasteiger partial charge in [-0.3, -0.25) is 14.9 Å². The van der Waals surface area contributed by atoms with Gasteiger partial charge in [-0.2, -0.15) is 0 Å². The van der Waals surface area contributed by atoms with E-state index >= 15 is 0 Å². The van der Waals surface area contributed by atoms with E-state index in [0.29, 0.717) is 6.54 Å². The van der Waals surface area contributed by atoms with Crippen LogP contribution in [0.4, 0.5) is 17.1 Å². The van der Waals surface area contributed by atoms with Gasteiger partial charge in [0.05, 0.1) is 4.92 Å². The molecule has 0 fully saturated rings. The molecule has 0 aromatic heterocycles. The number of nitrogen functional groups attached to an aromatic ring is 1. The summed E-state index contributed by atoms with van der Waals surface area (Å²) < 4.78 is 0. The van der Waals surface area contributed by atoms with Crippen molar-refractivity contribution in [2.45, 2.75) is 19.8 Å². The van der Waals surface area contributed by atoms with Crippen LogP contribution in [0.5, 0.6) is 0 Å². The van der Waals surface area contributed by atoms with Crippen molar-refractivity contribution in [3.8, 4) is 0 Å². The van der Waals surface area contributed by atoms with Gasteiger partial charge in [-0.15, -0.1) is 0 Å². The summed E-state index contributed by atoms with van der Waals surface area (Å²) in [7, 11) is 0. The summed E-state index contributed by atoms with van der Waals surface area (Å²) in [5.74, 6) is -0.238. The summed E-state index contributed by atoms with van der Waals surface area (Å²) in [6.45, 7) is 2.62. The minimum absolute atomic E-state index is 0.0567. The van der Waals surface area contributed by atoms with Crippen LogP contribution in [0.25, 0.3) is 0 Å². The molecule has 1 heterocycles. The van der Waals surface area contributed by atoms with Gasteiger partial charge in [-0.05, 0) is 43.5 Å². The average molecular weight is 311 g/mol. The molecule has 0 saturated heterocycles. The molecule has 0 atom stereocenters. The van der Waals surface area contributed by atoms with Gasteiger partial charge in [0.1, 0.15) is 5.69 Å². The molecule has 6 heteroatoms. The molecule has 118 valence electrons. The molecule has 23 heavy (non-hydrogen) atoms. The van der Waals surface area contributed by atoms with Gasteiger partial charge in [0.2, 0.25) is 0 Å². The number of nitrogens with two attached hydrogens (primary N) is 1. The van der Waals surface area contributed by atoms with Crippen LogP contribution in [-0.4, -0.2) is 17.4 Å². The number of carbonyl (C=O) groups is 1. The predicted octanol–water partition coefficient (Wildman–Crippen LogP) is 3.08. The van der Waals surface area contributed by atoms with Gasteiger partial charge in [-0.25, -0.2) is 0 Å². The first kappa shape index (κ1) is 15.0. The van der Waals surface area contributed by atoms with E-state index in [9.17, 15) is 14.9 Å². The van der Waals surface area contributed by atoms with Crippen LogP contribution in [0, 0.1) is 17.0 Å². The third kappa shape index (κ3) is 2.75. The minimum atomic E-state index is -0.570. The molecule has 0 unspecified atom stereocenters. The molecule has 1 aliphatic rings. The Bertz CT molecular complexity index is 802. The monoisotopic (exact) mass is 311 g/mol. The zero-order valence-corrected chi connectivity index (χ0v) is 12.8. The van der Waals surface area contributed by atoms with Gasteiger partial charge >= 0.3 is 0 Å². The van der Waals surface area contributed by atoms with Crippen molar-refractivity contribution in [2.24, 2.45) is 0 Å². The molecule has 0 spiro atoms. The van der Waals surface area contributed by atoms with Crippen molar-refractivity contribution in [3.05, 3.63) is 63.2 Å². The molecule has 0 radical (unpaired) electrons. The summed E-state index contributed by atoms with van der Waals surface area (Å²) in [6, 6.07) is 10.2. The molecule has 1 amide bonds. The number of hydrogen-bond acceptors (Lipinski definition) is 4. The van der Waals surface area contributed by atoms with E-state index < -0.39 is 4.92 Å². The topological polar surface area (TPSA) is 89.5 Å². The van der Waals surface area contributed by atoms with E-state index in [0.717, 1.165) is 29.7 Å². The first-order valence-corrected chi connectivity index (χ1v) is 7.42. The Hall–Kier alpha value is -2.89. The maximum Gasteiger partial charge on any atom is 0.292 e. The number of nitro groups is 1. The number of aryl methyl sites for hydroxylation is 2. The van der Waals surface area contributed by atoms with Crippen LogP contribution in [0.3, 0.4) is 0 Å². The number of fused-ring (bicyclic) bond motifs is 1. The maximum absolute atomic E-state index is 12.8. The zero-order chi connectivity index (χ0) is 16.6. The number of nitro benzene ring substituents is 1. The van der Waals surface area contributed by atoms with Gasteiger partial charge in [0.15, 0.2) is 0 Å². The normalized spacial score (nSPS) is 13.5. The summed E-state index contributed by atoms with van der Waals surface area (Å²) >= 11 is 0. The number of nitrogens with zero attached hydrogens (tertiary/aromatic N) is 2. The Kier molecular flexibility index (Phi) is 3.73. The number of benzene rings is 2. The van der Waals surface area contributed by atoms with E-state index in [2.05, 4.69) is 6.07 Å². The SMILES string of the molecule is Cc1ccc2c(c1)CCCN2C(=O)c1ccc(N)c([N+](=O)[O-])c1. The lowest BCUT2D eigenvalue weighted by molar-refractivity contribution is -0.383. The number of carbonyl (C=O) groups excluding carboxylic acids is 1. The van der Waals surface area contributed by atoms with E-state index in [1.165, 1.54) is 18.2 Å². The molecule has 6 nitrogen and oxygen atoms in total. The standard InChI is InChI=1S/C17H17N3O3/c1-11-4-7-15-12(9-11)3-2-8-19(15)17(21)13-5-6-14(18)16(10-13)20(22)23/h4-7,9-10H,2-3,8,18H2,1H3. The summed E-state index contributed by atoms with van der Waals surface area (Å²) in [5.41, 5.74) is 8.86. The smallest absolute Gasteiger partial charge is 0.292 e. The Morgan fingerprint density at radius 3 is 2.78 bits per heavy atom. The zero-order valence-electron chi connectivity index (χ0n) is 12.8. The molecule has 3 rings (SSSR count). The number of anilines is 2. The summed E-state index contributed by atoms with van der Waals surface area (Å²) in [5, 5.41) is 11.0. The van der Waals surface area contributed by atoms with Crippen molar-refractivity contribution in [1.29, 1.82) is 0 Å². The largest absolute Gasteiger partial charge is 0.393 e. The predicted molar refractivity (Wildman–Crippen MR) is 88.7 cm³/mol. The second kappa shape index (κ2) is 5.72. The second-order valence-corrected chi connectivity index (χ2v) is 5.72. The Morgan fingerprint density at radius 1 is 1.26 bits per heavy atom. The Balaban J connectivity index is 1.99. The van der Waals surface area contributed by atoms with Crippen LogP contribution in [0.1, 0.15) is 27.9 Å². The average Bonchev–Trinajstić information content (AvgIpc) is 2.53.